The number of nitrogen functional groups attached to an aromatic ring is 1. The van der Waals surface area contributed by atoms with Crippen molar-refractivity contribution in [2.75, 3.05) is 11.1 Å². The zero-order valence-electron chi connectivity index (χ0n) is 9.02. The van der Waals surface area contributed by atoms with Crippen molar-refractivity contribution in [3.63, 3.8) is 0 Å². The van der Waals surface area contributed by atoms with Crippen LogP contribution < -0.4 is 11.1 Å². The molecule has 2 aromatic rings. The highest BCUT2D eigenvalue weighted by molar-refractivity contribution is 9.10. The number of nitrogens with two attached hydrogens (primary N) is 1. The summed E-state index contributed by atoms with van der Waals surface area (Å²) in [5, 5.41) is 2.98. The molecule has 18 heavy (non-hydrogen) atoms. The predicted molar refractivity (Wildman–Crippen MR) is 73.5 cm³/mol. The fourth-order valence-corrected chi connectivity index (χ4v) is 1.68. The van der Waals surface area contributed by atoms with Crippen LogP contribution in [0.1, 0.15) is 10.5 Å². The first-order chi connectivity index (χ1) is 8.56. The molecule has 0 saturated heterocycles. The van der Waals surface area contributed by atoms with Gasteiger partial charge in [-0.1, -0.05) is 11.6 Å². The Morgan fingerprint density at radius 1 is 1.33 bits per heavy atom. The molecule has 5 nitrogen and oxygen atoms in total. The minimum Gasteiger partial charge on any atom is -0.397 e. The van der Waals surface area contributed by atoms with Crippen LogP contribution in [-0.4, -0.2) is 15.9 Å². The van der Waals surface area contributed by atoms with Crippen molar-refractivity contribution in [1.29, 1.82) is 0 Å². The molecule has 0 aliphatic heterocycles. The Balaban J connectivity index is 2.16. The third-order valence-corrected chi connectivity index (χ3v) is 3.21. The van der Waals surface area contributed by atoms with Crippen LogP contribution in [0, 0.1) is 0 Å². The van der Waals surface area contributed by atoms with Gasteiger partial charge in [-0.15, -0.1) is 0 Å². The molecule has 7 heteroatoms. The molecular formula is C11H8BrClN4O. The first-order valence-corrected chi connectivity index (χ1v) is 6.07. The highest BCUT2D eigenvalue weighted by Crippen LogP contribution is 2.23. The number of pyridine rings is 2. The van der Waals surface area contributed by atoms with E-state index >= 15 is 0 Å². The summed E-state index contributed by atoms with van der Waals surface area (Å²) in [4.78, 5) is 19.7. The maximum Gasteiger partial charge on any atom is 0.274 e. The van der Waals surface area contributed by atoms with Crippen molar-refractivity contribution in [2.45, 2.75) is 0 Å². The average Bonchev–Trinajstić information content (AvgIpc) is 2.34. The topological polar surface area (TPSA) is 80.9 Å². The normalized spacial score (nSPS) is 10.1. The number of amides is 1. The molecule has 92 valence electrons. The summed E-state index contributed by atoms with van der Waals surface area (Å²) in [7, 11) is 0. The van der Waals surface area contributed by atoms with E-state index in [0.29, 0.717) is 21.0 Å². The number of nitrogens with one attached hydrogen (secondary N) is 1. The highest BCUT2D eigenvalue weighted by atomic mass is 79.9. The first-order valence-electron chi connectivity index (χ1n) is 4.90. The molecule has 1 amide bonds. The van der Waals surface area contributed by atoms with E-state index in [1.54, 1.807) is 18.2 Å². The molecule has 0 bridgehead atoms. The van der Waals surface area contributed by atoms with Gasteiger partial charge >= 0.3 is 0 Å². The predicted octanol–water partition coefficient (Wildman–Crippen LogP) is 2.73. The first kappa shape index (κ1) is 12.8. The van der Waals surface area contributed by atoms with Gasteiger partial charge in [0.05, 0.1) is 28.2 Å². The summed E-state index contributed by atoms with van der Waals surface area (Å²) in [5.74, 6) is -0.342. The van der Waals surface area contributed by atoms with Crippen molar-refractivity contribution < 1.29 is 4.79 Å². The van der Waals surface area contributed by atoms with Crippen LogP contribution in [0.5, 0.6) is 0 Å². The minimum absolute atomic E-state index is 0.273. The zero-order chi connectivity index (χ0) is 13.1. The molecule has 0 spiro atoms. The van der Waals surface area contributed by atoms with Crippen molar-refractivity contribution in [3.05, 3.63) is 45.9 Å². The maximum atomic E-state index is 11.8. The Kier molecular flexibility index (Phi) is 3.78. The Morgan fingerprint density at radius 2 is 2.11 bits per heavy atom. The molecule has 2 rings (SSSR count). The van der Waals surface area contributed by atoms with E-state index in [1.165, 1.54) is 12.4 Å². The molecule has 0 fully saturated rings. The Morgan fingerprint density at radius 3 is 2.72 bits per heavy atom. The molecule has 0 aromatic carbocycles. The standard InChI is InChI=1S/C11H8BrClN4O/c12-8-3-7(5-16-10(8)13)17-11(18)9-2-1-6(14)4-15-9/h1-5H,14H2,(H,17,18). The number of halogens is 2. The van der Waals surface area contributed by atoms with E-state index in [0.717, 1.165) is 0 Å². The molecule has 0 aliphatic rings. The van der Waals surface area contributed by atoms with E-state index in [9.17, 15) is 4.79 Å². The SMILES string of the molecule is Nc1ccc(C(=O)Nc2cnc(Cl)c(Br)c2)nc1. The van der Waals surface area contributed by atoms with Gasteiger partial charge < -0.3 is 11.1 Å². The monoisotopic (exact) mass is 326 g/mol. The van der Waals surface area contributed by atoms with Crippen molar-refractivity contribution >= 4 is 44.8 Å². The molecule has 0 atom stereocenters. The van der Waals surface area contributed by atoms with Crippen LogP contribution in [0.15, 0.2) is 35.1 Å². The van der Waals surface area contributed by atoms with Gasteiger partial charge in [0.25, 0.3) is 5.91 Å². The fraction of sp³-hybridized carbons (Fsp3) is 0. The van der Waals surface area contributed by atoms with Gasteiger partial charge in [-0.3, -0.25) is 4.79 Å². The molecule has 0 aliphatic carbocycles. The fourth-order valence-electron chi connectivity index (χ4n) is 1.22. The molecule has 3 N–H and O–H groups in total. The largest absolute Gasteiger partial charge is 0.397 e. The van der Waals surface area contributed by atoms with Gasteiger partial charge in [-0.25, -0.2) is 9.97 Å². The highest BCUT2D eigenvalue weighted by Gasteiger charge is 2.08. The lowest BCUT2D eigenvalue weighted by molar-refractivity contribution is 0.102. The van der Waals surface area contributed by atoms with Gasteiger partial charge in [-0.05, 0) is 34.1 Å². The second-order valence-electron chi connectivity index (χ2n) is 3.43. The lowest BCUT2D eigenvalue weighted by atomic mass is 10.3. The summed E-state index contributed by atoms with van der Waals surface area (Å²) in [6, 6.07) is 4.81. The van der Waals surface area contributed by atoms with E-state index in [2.05, 4.69) is 31.2 Å². The molecule has 2 aromatic heterocycles. The number of carbonyl (C=O) groups is 1. The number of nitrogens with zero attached hydrogens (tertiary/aromatic N) is 2. The quantitative estimate of drug-likeness (QED) is 0.831. The summed E-state index contributed by atoms with van der Waals surface area (Å²) in [5.41, 5.74) is 6.79. The number of hydrogen-bond donors (Lipinski definition) is 2. The summed E-state index contributed by atoms with van der Waals surface area (Å²) in [6.07, 6.45) is 2.88. The smallest absolute Gasteiger partial charge is 0.274 e. The second kappa shape index (κ2) is 5.32. The Labute approximate surface area is 117 Å². The van der Waals surface area contributed by atoms with Crippen LogP contribution in [0.2, 0.25) is 5.15 Å². The van der Waals surface area contributed by atoms with E-state index < -0.39 is 0 Å². The Bertz CT molecular complexity index is 588. The van der Waals surface area contributed by atoms with E-state index in [1.807, 2.05) is 0 Å². The van der Waals surface area contributed by atoms with Gasteiger partial charge in [0, 0.05) is 0 Å². The van der Waals surface area contributed by atoms with Crippen LogP contribution in [0.25, 0.3) is 0 Å². The van der Waals surface area contributed by atoms with Crippen molar-refractivity contribution in [1.82, 2.24) is 9.97 Å². The zero-order valence-corrected chi connectivity index (χ0v) is 11.4. The number of rotatable bonds is 2. The van der Waals surface area contributed by atoms with Crippen LogP contribution in [0.4, 0.5) is 11.4 Å². The average molecular weight is 328 g/mol. The molecular weight excluding hydrogens is 320 g/mol. The number of aromatic nitrogens is 2. The maximum absolute atomic E-state index is 11.8. The van der Waals surface area contributed by atoms with Gasteiger partial charge in [-0.2, -0.15) is 0 Å². The Hall–Kier alpha value is -1.66. The number of carbonyl (C=O) groups excluding carboxylic acids is 1. The minimum atomic E-state index is -0.342. The third kappa shape index (κ3) is 2.96. The summed E-state index contributed by atoms with van der Waals surface area (Å²) >= 11 is 8.98. The van der Waals surface area contributed by atoms with E-state index in [4.69, 9.17) is 17.3 Å². The second-order valence-corrected chi connectivity index (χ2v) is 4.64. The summed E-state index contributed by atoms with van der Waals surface area (Å²) < 4.78 is 0.604. The van der Waals surface area contributed by atoms with E-state index in [-0.39, 0.29) is 11.6 Å². The molecule has 2 heterocycles. The lowest BCUT2D eigenvalue weighted by Crippen LogP contribution is -2.13. The van der Waals surface area contributed by atoms with Crippen LogP contribution >= 0.6 is 27.5 Å². The molecule has 0 radical (unpaired) electrons. The summed E-state index contributed by atoms with van der Waals surface area (Å²) in [6.45, 7) is 0. The molecule has 0 unspecified atom stereocenters. The van der Waals surface area contributed by atoms with Gasteiger partial charge in [0.15, 0.2) is 0 Å². The van der Waals surface area contributed by atoms with Gasteiger partial charge in [0.2, 0.25) is 0 Å². The van der Waals surface area contributed by atoms with Gasteiger partial charge in [0.1, 0.15) is 10.8 Å². The lowest BCUT2D eigenvalue weighted by Gasteiger charge is -2.05. The molecule has 0 saturated carbocycles. The van der Waals surface area contributed by atoms with Crippen molar-refractivity contribution in [3.8, 4) is 0 Å². The van der Waals surface area contributed by atoms with Crippen LogP contribution in [-0.2, 0) is 0 Å². The number of anilines is 2. The van der Waals surface area contributed by atoms with Crippen molar-refractivity contribution in [2.24, 2.45) is 0 Å². The van der Waals surface area contributed by atoms with Crippen LogP contribution in [0.3, 0.4) is 0 Å². The number of hydrogen-bond acceptors (Lipinski definition) is 4. The third-order valence-electron chi connectivity index (χ3n) is 2.07.